The molecule has 0 bridgehead atoms. The molecule has 0 aromatic rings. The van der Waals surface area contributed by atoms with Crippen molar-refractivity contribution in [1.82, 2.24) is 10.2 Å². The molecule has 1 rings (SSSR count). The zero-order chi connectivity index (χ0) is 13.7. The van der Waals surface area contributed by atoms with E-state index in [2.05, 4.69) is 5.32 Å². The van der Waals surface area contributed by atoms with E-state index in [1.807, 2.05) is 13.2 Å². The van der Waals surface area contributed by atoms with Crippen LogP contribution in [0.5, 0.6) is 0 Å². The number of aliphatic hydroxyl groups excluding tert-OH is 1. The van der Waals surface area contributed by atoms with Crippen LogP contribution in [0.3, 0.4) is 0 Å². The second kappa shape index (κ2) is 6.84. The van der Waals surface area contributed by atoms with Crippen LogP contribution >= 0.6 is 11.8 Å². The van der Waals surface area contributed by atoms with Gasteiger partial charge in [-0.2, -0.15) is 11.8 Å². The molecule has 1 aliphatic rings. The predicted octanol–water partition coefficient (Wildman–Crippen LogP) is 0.215. The van der Waals surface area contributed by atoms with Crippen LogP contribution in [0.2, 0.25) is 0 Å². The highest BCUT2D eigenvalue weighted by atomic mass is 32.2. The molecule has 18 heavy (non-hydrogen) atoms. The summed E-state index contributed by atoms with van der Waals surface area (Å²) >= 11 is 1.70. The van der Waals surface area contributed by atoms with E-state index in [0.29, 0.717) is 12.5 Å². The van der Waals surface area contributed by atoms with Crippen LogP contribution in [0, 0.1) is 5.92 Å². The Morgan fingerprint density at radius 1 is 1.56 bits per heavy atom. The first-order chi connectivity index (χ1) is 8.45. The Balaban J connectivity index is 2.47. The Kier molecular flexibility index (Phi) is 5.74. The van der Waals surface area contributed by atoms with Crippen molar-refractivity contribution in [1.29, 1.82) is 0 Å². The Bertz CT molecular complexity index is 313. The van der Waals surface area contributed by atoms with Crippen molar-refractivity contribution in [2.75, 3.05) is 25.1 Å². The molecular formula is C11H20N2O4S. The van der Waals surface area contributed by atoms with E-state index < -0.39 is 24.1 Å². The third kappa shape index (κ3) is 4.06. The summed E-state index contributed by atoms with van der Waals surface area (Å²) in [6, 6.07) is -1.33. The molecule has 6 nitrogen and oxygen atoms in total. The number of nitrogens with one attached hydrogen (secondary N) is 1. The minimum absolute atomic E-state index is 0.0830. The minimum atomic E-state index is -1.07. The molecule has 104 valence electrons. The number of carboxylic acids is 1. The van der Waals surface area contributed by atoms with Gasteiger partial charge in [-0.3, -0.25) is 0 Å². The number of carbonyl (C=O) groups excluding carboxylic acids is 1. The number of aliphatic carboxylic acids is 1. The summed E-state index contributed by atoms with van der Waals surface area (Å²) in [5, 5.41) is 21.1. The number of carboxylic acid groups (broad SMARTS) is 1. The van der Waals surface area contributed by atoms with Gasteiger partial charge in [-0.1, -0.05) is 6.92 Å². The summed E-state index contributed by atoms with van der Waals surface area (Å²) in [6.07, 6.45) is 1.35. The first kappa shape index (κ1) is 15.1. The minimum Gasteiger partial charge on any atom is -0.480 e. The lowest BCUT2D eigenvalue weighted by atomic mass is 10.2. The summed E-state index contributed by atoms with van der Waals surface area (Å²) in [5.74, 6) is 0.198. The van der Waals surface area contributed by atoms with Crippen LogP contribution in [-0.4, -0.2) is 64.4 Å². The van der Waals surface area contributed by atoms with Gasteiger partial charge in [0.05, 0.1) is 6.10 Å². The second-order valence-corrected chi connectivity index (χ2v) is 5.55. The number of aliphatic hydroxyl groups is 1. The van der Waals surface area contributed by atoms with Gasteiger partial charge in [0.15, 0.2) is 0 Å². The fraction of sp³-hybridized carbons (Fsp3) is 0.818. The van der Waals surface area contributed by atoms with Crippen molar-refractivity contribution in [3.63, 3.8) is 0 Å². The number of carbonyl (C=O) groups is 2. The first-order valence-corrected chi connectivity index (χ1v) is 7.29. The number of nitrogens with zero attached hydrogens (tertiary/aromatic N) is 1. The summed E-state index contributed by atoms with van der Waals surface area (Å²) in [6.45, 7) is 2.61. The van der Waals surface area contributed by atoms with Crippen LogP contribution in [0.4, 0.5) is 4.79 Å². The maximum Gasteiger partial charge on any atom is 0.326 e. The highest BCUT2D eigenvalue weighted by Gasteiger charge is 2.38. The first-order valence-electron chi connectivity index (χ1n) is 5.90. The SMILES string of the molecule is CSCC(C)CNC(=O)N1CC(O)CC1C(=O)O. The lowest BCUT2D eigenvalue weighted by molar-refractivity contribution is -0.141. The third-order valence-corrected chi connectivity index (χ3v) is 3.78. The fourth-order valence-electron chi connectivity index (χ4n) is 1.98. The molecule has 7 heteroatoms. The van der Waals surface area contributed by atoms with Crippen molar-refractivity contribution in [3.05, 3.63) is 0 Å². The van der Waals surface area contributed by atoms with Gasteiger partial charge in [0, 0.05) is 19.5 Å². The number of hydrogen-bond acceptors (Lipinski definition) is 4. The van der Waals surface area contributed by atoms with Crippen molar-refractivity contribution in [2.45, 2.75) is 25.5 Å². The van der Waals surface area contributed by atoms with Crippen molar-refractivity contribution in [3.8, 4) is 0 Å². The number of thioether (sulfide) groups is 1. The lowest BCUT2D eigenvalue weighted by Crippen LogP contribution is -2.47. The molecule has 0 radical (unpaired) electrons. The number of rotatable bonds is 5. The molecule has 0 spiro atoms. The summed E-state index contributed by atoms with van der Waals surface area (Å²) in [7, 11) is 0. The molecule has 0 saturated carbocycles. The molecule has 1 heterocycles. The smallest absolute Gasteiger partial charge is 0.326 e. The van der Waals surface area contributed by atoms with Gasteiger partial charge in [0.25, 0.3) is 0 Å². The van der Waals surface area contributed by atoms with Gasteiger partial charge in [-0.25, -0.2) is 9.59 Å². The number of urea groups is 1. The van der Waals surface area contributed by atoms with Gasteiger partial charge in [-0.15, -0.1) is 0 Å². The van der Waals surface area contributed by atoms with E-state index in [0.717, 1.165) is 5.75 Å². The molecule has 1 fully saturated rings. The van der Waals surface area contributed by atoms with E-state index in [1.165, 1.54) is 4.90 Å². The molecule has 0 aromatic heterocycles. The largest absolute Gasteiger partial charge is 0.480 e. The fourth-order valence-corrected chi connectivity index (χ4v) is 2.67. The second-order valence-electron chi connectivity index (χ2n) is 4.64. The molecule has 1 saturated heterocycles. The van der Waals surface area contributed by atoms with Crippen molar-refractivity contribution in [2.24, 2.45) is 5.92 Å². The normalized spacial score (nSPS) is 24.9. The molecule has 3 N–H and O–H groups in total. The van der Waals surface area contributed by atoms with Gasteiger partial charge in [0.1, 0.15) is 6.04 Å². The van der Waals surface area contributed by atoms with Gasteiger partial charge in [0.2, 0.25) is 0 Å². The topological polar surface area (TPSA) is 89.9 Å². The van der Waals surface area contributed by atoms with Gasteiger partial charge < -0.3 is 20.4 Å². The molecular weight excluding hydrogens is 256 g/mol. The van der Waals surface area contributed by atoms with Crippen molar-refractivity contribution >= 4 is 23.8 Å². The summed E-state index contributed by atoms with van der Waals surface area (Å²) < 4.78 is 0. The molecule has 0 aromatic carbocycles. The Morgan fingerprint density at radius 3 is 2.78 bits per heavy atom. The average Bonchev–Trinajstić information content (AvgIpc) is 2.69. The van der Waals surface area contributed by atoms with Crippen LogP contribution < -0.4 is 5.32 Å². The molecule has 3 unspecified atom stereocenters. The Hall–Kier alpha value is -0.950. The van der Waals surface area contributed by atoms with Gasteiger partial charge >= 0.3 is 12.0 Å². The highest BCUT2D eigenvalue weighted by molar-refractivity contribution is 7.98. The zero-order valence-corrected chi connectivity index (χ0v) is 11.4. The van der Waals surface area contributed by atoms with Gasteiger partial charge in [-0.05, 0) is 17.9 Å². The van der Waals surface area contributed by atoms with E-state index in [-0.39, 0.29) is 13.0 Å². The Morgan fingerprint density at radius 2 is 2.22 bits per heavy atom. The summed E-state index contributed by atoms with van der Waals surface area (Å²) in [5.41, 5.74) is 0. The van der Waals surface area contributed by atoms with Crippen LogP contribution in [-0.2, 0) is 4.79 Å². The third-order valence-electron chi connectivity index (χ3n) is 2.88. The Labute approximate surface area is 111 Å². The maximum atomic E-state index is 11.8. The number of hydrogen-bond donors (Lipinski definition) is 3. The van der Waals surface area contributed by atoms with E-state index in [1.54, 1.807) is 11.8 Å². The standard InChI is InChI=1S/C11H20N2O4S/c1-7(6-18-2)4-12-11(17)13-5-8(14)3-9(13)10(15)16/h7-9,14H,3-6H2,1-2H3,(H,12,17)(H,15,16). The van der Waals surface area contributed by atoms with Crippen LogP contribution in [0.15, 0.2) is 0 Å². The maximum absolute atomic E-state index is 11.8. The van der Waals surface area contributed by atoms with E-state index in [9.17, 15) is 14.7 Å². The monoisotopic (exact) mass is 276 g/mol. The molecule has 2 amide bonds. The number of likely N-dealkylation sites (tertiary alicyclic amines) is 1. The lowest BCUT2D eigenvalue weighted by Gasteiger charge is -2.22. The average molecular weight is 276 g/mol. The number of β-amino-alcohol motifs (C(OH)–C–C–N with tert-alkyl or cyclic N) is 1. The van der Waals surface area contributed by atoms with E-state index in [4.69, 9.17) is 5.11 Å². The molecule has 1 aliphatic heterocycles. The highest BCUT2D eigenvalue weighted by Crippen LogP contribution is 2.18. The predicted molar refractivity (Wildman–Crippen MR) is 69.7 cm³/mol. The molecule has 3 atom stereocenters. The van der Waals surface area contributed by atoms with Crippen molar-refractivity contribution < 1.29 is 19.8 Å². The van der Waals surface area contributed by atoms with Crippen LogP contribution in [0.25, 0.3) is 0 Å². The van der Waals surface area contributed by atoms with Crippen LogP contribution in [0.1, 0.15) is 13.3 Å². The zero-order valence-electron chi connectivity index (χ0n) is 10.6. The molecule has 0 aliphatic carbocycles. The quantitative estimate of drug-likeness (QED) is 0.668. The summed E-state index contributed by atoms with van der Waals surface area (Å²) in [4.78, 5) is 24.0. The number of amides is 2. The van der Waals surface area contributed by atoms with E-state index >= 15 is 0 Å².